The van der Waals surface area contributed by atoms with Crippen molar-refractivity contribution in [3.8, 4) is 0 Å². The molecule has 1 unspecified atom stereocenters. The van der Waals surface area contributed by atoms with Crippen molar-refractivity contribution >= 4 is 18.6 Å². The molecular weight excluding hydrogens is 160 g/mol. The molecule has 0 heterocycles. The largest absolute Gasteiger partial charge is 0.480 e. The summed E-state index contributed by atoms with van der Waals surface area (Å²) in [6.45, 7) is 3.74. The van der Waals surface area contributed by atoms with Crippen LogP contribution in [0.5, 0.6) is 0 Å². The third-order valence-corrected chi connectivity index (χ3v) is 2.14. The highest BCUT2D eigenvalue weighted by molar-refractivity contribution is 7.82. The molecule has 11 heavy (non-hydrogen) atoms. The number of rotatable bonds is 5. The molecule has 0 saturated heterocycles. The van der Waals surface area contributed by atoms with Crippen LogP contribution in [0.4, 0.5) is 0 Å². The van der Waals surface area contributed by atoms with Crippen LogP contribution in [-0.4, -0.2) is 15.8 Å². The summed E-state index contributed by atoms with van der Waals surface area (Å²) in [7, 11) is 0. The molecule has 66 valence electrons. The molecule has 0 spiro atoms. The molecule has 0 fully saturated rings. The van der Waals surface area contributed by atoms with Gasteiger partial charge < -0.3 is 5.11 Å². The minimum absolute atomic E-state index is 0.652. The fourth-order valence-electron chi connectivity index (χ4n) is 0.826. The lowest BCUT2D eigenvalue weighted by Gasteiger charge is -2.16. The van der Waals surface area contributed by atoms with Gasteiger partial charge in [-0.05, 0) is 13.3 Å². The summed E-state index contributed by atoms with van der Waals surface area (Å²) in [4.78, 5) is 10.5. The second-order valence-electron chi connectivity index (χ2n) is 3.04. The van der Waals surface area contributed by atoms with E-state index in [0.717, 1.165) is 19.3 Å². The lowest BCUT2D eigenvalue weighted by molar-refractivity contribution is -0.139. The van der Waals surface area contributed by atoms with Gasteiger partial charge in [-0.15, -0.1) is 0 Å². The highest BCUT2D eigenvalue weighted by atomic mass is 32.1. The van der Waals surface area contributed by atoms with Crippen molar-refractivity contribution in [3.63, 3.8) is 0 Å². The van der Waals surface area contributed by atoms with E-state index in [9.17, 15) is 4.79 Å². The maximum absolute atomic E-state index is 10.5. The fourth-order valence-corrected chi connectivity index (χ4v) is 0.984. The van der Waals surface area contributed by atoms with Gasteiger partial charge in [-0.25, -0.2) is 0 Å². The Bertz CT molecular complexity index is 132. The third kappa shape index (κ3) is 4.30. The van der Waals surface area contributed by atoms with E-state index in [0.29, 0.717) is 6.42 Å². The molecule has 1 N–H and O–H groups in total. The van der Waals surface area contributed by atoms with Gasteiger partial charge in [0.25, 0.3) is 0 Å². The Morgan fingerprint density at radius 1 is 1.55 bits per heavy atom. The van der Waals surface area contributed by atoms with Crippen LogP contribution in [0.2, 0.25) is 0 Å². The minimum atomic E-state index is -0.838. The lowest BCUT2D eigenvalue weighted by Crippen LogP contribution is -2.28. The zero-order chi connectivity index (χ0) is 8.91. The molecule has 0 amide bonds. The van der Waals surface area contributed by atoms with E-state index in [1.165, 1.54) is 0 Å². The molecule has 3 heteroatoms. The van der Waals surface area contributed by atoms with Crippen molar-refractivity contribution in [2.75, 3.05) is 0 Å². The SMILES string of the molecule is CCCCCC(C)(S)C(=O)O. The number of carboxylic acids is 1. The summed E-state index contributed by atoms with van der Waals surface area (Å²) in [6.07, 6.45) is 3.80. The van der Waals surface area contributed by atoms with Gasteiger partial charge in [-0.2, -0.15) is 12.6 Å². The van der Waals surface area contributed by atoms with Gasteiger partial charge in [-0.1, -0.05) is 26.2 Å². The number of carboxylic acid groups (broad SMARTS) is 1. The van der Waals surface area contributed by atoms with Crippen LogP contribution in [-0.2, 0) is 4.79 Å². The molecule has 0 aliphatic rings. The monoisotopic (exact) mass is 176 g/mol. The molecule has 0 aromatic rings. The van der Waals surface area contributed by atoms with Crippen LogP contribution in [0.1, 0.15) is 39.5 Å². The zero-order valence-corrected chi connectivity index (χ0v) is 8.03. The van der Waals surface area contributed by atoms with Crippen molar-refractivity contribution in [1.29, 1.82) is 0 Å². The minimum Gasteiger partial charge on any atom is -0.480 e. The first-order valence-electron chi connectivity index (χ1n) is 3.96. The second kappa shape index (κ2) is 4.65. The van der Waals surface area contributed by atoms with Crippen LogP contribution in [0.25, 0.3) is 0 Å². The van der Waals surface area contributed by atoms with Gasteiger partial charge in [0.15, 0.2) is 0 Å². The van der Waals surface area contributed by atoms with Crippen molar-refractivity contribution in [2.45, 2.75) is 44.3 Å². The Morgan fingerprint density at radius 2 is 2.09 bits per heavy atom. The van der Waals surface area contributed by atoms with Crippen molar-refractivity contribution < 1.29 is 9.90 Å². The number of thiol groups is 1. The Morgan fingerprint density at radius 3 is 2.45 bits per heavy atom. The van der Waals surface area contributed by atoms with E-state index in [-0.39, 0.29) is 0 Å². The number of aliphatic carboxylic acids is 1. The Hall–Kier alpha value is -0.180. The van der Waals surface area contributed by atoms with E-state index < -0.39 is 10.7 Å². The fraction of sp³-hybridized carbons (Fsp3) is 0.875. The summed E-state index contributed by atoms with van der Waals surface area (Å²) in [5.41, 5.74) is 0. The number of unbranched alkanes of at least 4 members (excludes halogenated alkanes) is 2. The first-order chi connectivity index (χ1) is 5.00. The molecule has 0 saturated carbocycles. The van der Waals surface area contributed by atoms with Crippen molar-refractivity contribution in [2.24, 2.45) is 0 Å². The van der Waals surface area contributed by atoms with Gasteiger partial charge in [0.1, 0.15) is 4.75 Å². The van der Waals surface area contributed by atoms with Crippen LogP contribution in [0, 0.1) is 0 Å². The van der Waals surface area contributed by atoms with Gasteiger partial charge >= 0.3 is 5.97 Å². The van der Waals surface area contributed by atoms with Crippen LogP contribution >= 0.6 is 12.6 Å². The average molecular weight is 176 g/mol. The highest BCUT2D eigenvalue weighted by Crippen LogP contribution is 2.21. The molecular formula is C8H16O2S. The smallest absolute Gasteiger partial charge is 0.319 e. The quantitative estimate of drug-likeness (QED) is 0.498. The van der Waals surface area contributed by atoms with Crippen LogP contribution in [0.3, 0.4) is 0 Å². The van der Waals surface area contributed by atoms with E-state index in [1.54, 1.807) is 6.92 Å². The number of carbonyl (C=O) groups is 1. The van der Waals surface area contributed by atoms with Gasteiger partial charge in [0.05, 0.1) is 0 Å². The van der Waals surface area contributed by atoms with Crippen LogP contribution in [0.15, 0.2) is 0 Å². The molecule has 0 radical (unpaired) electrons. The second-order valence-corrected chi connectivity index (χ2v) is 4.02. The molecule has 0 aliphatic heterocycles. The topological polar surface area (TPSA) is 37.3 Å². The normalized spacial score (nSPS) is 15.9. The van der Waals surface area contributed by atoms with Crippen molar-refractivity contribution in [1.82, 2.24) is 0 Å². The van der Waals surface area contributed by atoms with E-state index in [2.05, 4.69) is 19.6 Å². The number of hydrogen-bond donors (Lipinski definition) is 2. The Labute approximate surface area is 73.4 Å². The first kappa shape index (κ1) is 10.8. The summed E-state index contributed by atoms with van der Waals surface area (Å²) < 4.78 is -0.838. The van der Waals surface area contributed by atoms with E-state index >= 15 is 0 Å². The molecule has 0 aromatic heterocycles. The Balaban J connectivity index is 3.64. The predicted molar refractivity (Wildman–Crippen MR) is 49.2 cm³/mol. The van der Waals surface area contributed by atoms with Crippen LogP contribution < -0.4 is 0 Å². The standard InChI is InChI=1S/C8H16O2S/c1-3-4-5-6-8(2,11)7(9)10/h11H,3-6H2,1-2H3,(H,9,10). The predicted octanol–water partition coefficient (Wildman–Crippen LogP) is 2.34. The molecule has 0 aromatic carbocycles. The maximum Gasteiger partial charge on any atom is 0.319 e. The highest BCUT2D eigenvalue weighted by Gasteiger charge is 2.27. The van der Waals surface area contributed by atoms with Gasteiger partial charge in [0.2, 0.25) is 0 Å². The van der Waals surface area contributed by atoms with E-state index in [4.69, 9.17) is 5.11 Å². The average Bonchev–Trinajstić information content (AvgIpc) is 1.88. The van der Waals surface area contributed by atoms with Gasteiger partial charge in [0, 0.05) is 0 Å². The lowest BCUT2D eigenvalue weighted by atomic mass is 10.0. The summed E-state index contributed by atoms with van der Waals surface area (Å²) in [5, 5.41) is 8.66. The molecule has 1 atom stereocenters. The molecule has 0 bridgehead atoms. The molecule has 0 rings (SSSR count). The molecule has 2 nitrogen and oxygen atoms in total. The molecule has 0 aliphatic carbocycles. The Kier molecular flexibility index (Phi) is 4.57. The van der Waals surface area contributed by atoms with Crippen molar-refractivity contribution in [3.05, 3.63) is 0 Å². The zero-order valence-electron chi connectivity index (χ0n) is 7.13. The van der Waals surface area contributed by atoms with E-state index in [1.807, 2.05) is 0 Å². The first-order valence-corrected chi connectivity index (χ1v) is 4.41. The summed E-state index contributed by atoms with van der Waals surface area (Å²) in [5.74, 6) is -0.822. The third-order valence-electron chi connectivity index (χ3n) is 1.73. The number of hydrogen-bond acceptors (Lipinski definition) is 2. The summed E-state index contributed by atoms with van der Waals surface area (Å²) in [6, 6.07) is 0. The van der Waals surface area contributed by atoms with Gasteiger partial charge in [-0.3, -0.25) is 4.79 Å². The maximum atomic E-state index is 10.5. The summed E-state index contributed by atoms with van der Waals surface area (Å²) >= 11 is 4.05.